The van der Waals surface area contributed by atoms with Crippen molar-refractivity contribution in [2.75, 3.05) is 17.7 Å². The highest BCUT2D eigenvalue weighted by Crippen LogP contribution is 2.28. The minimum atomic E-state index is -3.51. The topological polar surface area (TPSA) is 123 Å². The molecule has 0 aliphatic carbocycles. The van der Waals surface area contributed by atoms with Crippen molar-refractivity contribution in [3.05, 3.63) is 129 Å². The molecule has 0 spiro atoms. The number of aliphatic carboxylic acids is 1. The molecule has 47 heavy (non-hydrogen) atoms. The normalized spacial score (nSPS) is 11.4. The van der Waals surface area contributed by atoms with E-state index in [0.29, 0.717) is 23.4 Å². The van der Waals surface area contributed by atoms with Crippen LogP contribution in [0.25, 0.3) is 23.4 Å². The van der Waals surface area contributed by atoms with Gasteiger partial charge >= 0.3 is 5.97 Å². The van der Waals surface area contributed by atoms with Crippen LogP contribution in [0, 0.1) is 6.92 Å². The number of carboxylic acid groups (broad SMARTS) is 1. The average Bonchev–Trinajstić information content (AvgIpc) is 3.53. The Hall–Kier alpha value is -4.77. The minimum Gasteiger partial charge on any atom is -0.480 e. The fourth-order valence-corrected chi connectivity index (χ4v) is 6.84. The molecule has 0 aliphatic rings. The van der Waals surface area contributed by atoms with Gasteiger partial charge in [-0.3, -0.25) is 4.79 Å². The number of halogens is 1. The molecule has 0 fully saturated rings. The number of aryl methyl sites for hydroxylation is 2. The molecule has 0 radical (unpaired) electrons. The Labute approximate surface area is 282 Å². The summed E-state index contributed by atoms with van der Waals surface area (Å²) in [7, 11) is -3.51. The predicted molar refractivity (Wildman–Crippen MR) is 187 cm³/mol. The first-order chi connectivity index (χ1) is 22.6. The molecule has 4 aromatic carbocycles. The molecule has 5 rings (SSSR count). The first-order valence-corrected chi connectivity index (χ1v) is 17.5. The number of carbonyl (C=O) groups is 2. The van der Waals surface area contributed by atoms with Crippen molar-refractivity contribution >= 4 is 62.5 Å². The first kappa shape index (κ1) is 33.6. The van der Waals surface area contributed by atoms with Crippen LogP contribution in [0.5, 0.6) is 5.75 Å². The van der Waals surface area contributed by atoms with E-state index in [2.05, 4.69) is 17.4 Å². The van der Waals surface area contributed by atoms with Gasteiger partial charge in [0.15, 0.2) is 16.4 Å². The van der Waals surface area contributed by atoms with Crippen molar-refractivity contribution < 1.29 is 27.9 Å². The van der Waals surface area contributed by atoms with E-state index in [9.17, 15) is 18.0 Å². The van der Waals surface area contributed by atoms with Crippen molar-refractivity contribution in [1.82, 2.24) is 4.98 Å². The number of aromatic nitrogens is 1. The molecule has 5 aromatic rings. The van der Waals surface area contributed by atoms with Crippen LogP contribution in [-0.4, -0.2) is 42.7 Å². The third-order valence-electron chi connectivity index (χ3n) is 7.13. The molecule has 2 N–H and O–H groups in total. The molecule has 1 heterocycles. The lowest BCUT2D eigenvalue weighted by atomic mass is 10.1. The van der Waals surface area contributed by atoms with Gasteiger partial charge in [0.05, 0.1) is 22.0 Å². The van der Waals surface area contributed by atoms with Crippen LogP contribution < -0.4 is 10.1 Å². The van der Waals surface area contributed by atoms with Crippen LogP contribution >= 0.6 is 22.9 Å². The van der Waals surface area contributed by atoms with E-state index in [0.717, 1.165) is 27.4 Å². The van der Waals surface area contributed by atoms with Crippen LogP contribution in [0.2, 0.25) is 5.02 Å². The third kappa shape index (κ3) is 9.38. The number of sulfone groups is 1. The number of carbonyl (C=O) groups excluding carboxylic acids is 1. The van der Waals surface area contributed by atoms with Gasteiger partial charge in [0.25, 0.3) is 5.91 Å². The standard InChI is InChI=1S/C36H31ClN2O6S2/c1-24-7-11-27(12-8-24)32-23-46-34(38-32)18-10-25-4-2-6-28(20-25)36(42)39-31-21-26(9-17-33(31)45-22-35(40)41)5-3-19-47(43,44)30-15-13-29(37)14-16-30/h2,4,6-18,20-21,23H,3,5,19,22H2,1H3,(H,39,42)(H,40,41). The van der Waals surface area contributed by atoms with Gasteiger partial charge in [0.2, 0.25) is 0 Å². The molecular formula is C36H31ClN2O6S2. The van der Waals surface area contributed by atoms with E-state index in [-0.39, 0.29) is 22.1 Å². The molecule has 1 aromatic heterocycles. The van der Waals surface area contributed by atoms with Gasteiger partial charge in [-0.25, -0.2) is 18.2 Å². The van der Waals surface area contributed by atoms with E-state index in [1.807, 2.05) is 42.7 Å². The van der Waals surface area contributed by atoms with Crippen molar-refractivity contribution in [3.63, 3.8) is 0 Å². The average molecular weight is 687 g/mol. The fraction of sp³-hybridized carbons (Fsp3) is 0.139. The number of rotatable bonds is 13. The molecule has 11 heteroatoms. The molecule has 0 atom stereocenters. The van der Waals surface area contributed by atoms with Crippen LogP contribution in [0.1, 0.15) is 38.5 Å². The second-order valence-electron chi connectivity index (χ2n) is 10.7. The summed E-state index contributed by atoms with van der Waals surface area (Å²) in [5, 5.41) is 15.2. The molecule has 0 saturated heterocycles. The van der Waals surface area contributed by atoms with Gasteiger partial charge in [0, 0.05) is 21.5 Å². The van der Waals surface area contributed by atoms with E-state index in [1.165, 1.54) is 41.2 Å². The highest BCUT2D eigenvalue weighted by atomic mass is 35.5. The molecule has 0 saturated carbocycles. The number of anilines is 1. The fourth-order valence-electron chi connectivity index (χ4n) is 4.69. The zero-order chi connectivity index (χ0) is 33.4. The Balaban J connectivity index is 1.27. The summed E-state index contributed by atoms with van der Waals surface area (Å²) < 4.78 is 30.9. The molecule has 0 aliphatic heterocycles. The summed E-state index contributed by atoms with van der Waals surface area (Å²) in [6.45, 7) is 1.45. The van der Waals surface area contributed by atoms with Gasteiger partial charge in [-0.2, -0.15) is 0 Å². The first-order valence-electron chi connectivity index (χ1n) is 14.6. The lowest BCUT2D eigenvalue weighted by Gasteiger charge is -2.14. The van der Waals surface area contributed by atoms with Crippen molar-refractivity contribution in [1.29, 1.82) is 0 Å². The van der Waals surface area contributed by atoms with E-state index < -0.39 is 28.3 Å². The lowest BCUT2D eigenvalue weighted by Crippen LogP contribution is -2.15. The lowest BCUT2D eigenvalue weighted by molar-refractivity contribution is -0.139. The van der Waals surface area contributed by atoms with Crippen molar-refractivity contribution in [2.24, 2.45) is 0 Å². The zero-order valence-electron chi connectivity index (χ0n) is 25.4. The minimum absolute atomic E-state index is 0.0812. The van der Waals surface area contributed by atoms with Gasteiger partial charge < -0.3 is 15.2 Å². The number of benzene rings is 4. The number of hydrogen-bond donors (Lipinski definition) is 2. The zero-order valence-corrected chi connectivity index (χ0v) is 27.7. The number of ether oxygens (including phenoxy) is 1. The maximum Gasteiger partial charge on any atom is 0.341 e. The molecule has 8 nitrogen and oxygen atoms in total. The van der Waals surface area contributed by atoms with Crippen LogP contribution in [-0.2, 0) is 21.1 Å². The number of hydrogen-bond acceptors (Lipinski definition) is 7. The number of carboxylic acids is 1. The second-order valence-corrected chi connectivity index (χ2v) is 14.2. The maximum absolute atomic E-state index is 13.3. The van der Waals surface area contributed by atoms with Crippen molar-refractivity contribution in [2.45, 2.75) is 24.7 Å². The van der Waals surface area contributed by atoms with E-state index in [4.69, 9.17) is 26.4 Å². The monoisotopic (exact) mass is 686 g/mol. The van der Waals surface area contributed by atoms with Gasteiger partial charge in [-0.05, 0) is 85.5 Å². The van der Waals surface area contributed by atoms with Crippen LogP contribution in [0.3, 0.4) is 0 Å². The Morgan fingerprint density at radius 3 is 2.49 bits per heavy atom. The third-order valence-corrected chi connectivity index (χ3v) is 10.0. The summed E-state index contributed by atoms with van der Waals surface area (Å²) in [6.07, 6.45) is 4.51. The number of nitrogens with zero attached hydrogens (tertiary/aromatic N) is 1. The highest BCUT2D eigenvalue weighted by molar-refractivity contribution is 7.91. The van der Waals surface area contributed by atoms with Gasteiger partial charge in [0.1, 0.15) is 10.8 Å². The molecule has 0 bridgehead atoms. The van der Waals surface area contributed by atoms with Crippen LogP contribution in [0.15, 0.2) is 101 Å². The molecular weight excluding hydrogens is 656 g/mol. The summed E-state index contributed by atoms with van der Waals surface area (Å²) in [5.74, 6) is -1.48. The van der Waals surface area contributed by atoms with Crippen molar-refractivity contribution in [3.8, 4) is 17.0 Å². The maximum atomic E-state index is 13.3. The Kier molecular flexibility index (Phi) is 10.9. The van der Waals surface area contributed by atoms with Crippen LogP contribution in [0.4, 0.5) is 5.69 Å². The number of thiazole rings is 1. The number of amides is 1. The Morgan fingerprint density at radius 1 is 0.979 bits per heavy atom. The highest BCUT2D eigenvalue weighted by Gasteiger charge is 2.16. The SMILES string of the molecule is Cc1ccc(-c2csc(C=Cc3cccc(C(=O)Nc4cc(CCCS(=O)(=O)c5ccc(Cl)cc5)ccc4OCC(=O)O)c3)n2)cc1. The number of nitrogens with one attached hydrogen (secondary N) is 1. The quantitative estimate of drug-likeness (QED) is 0.128. The molecule has 0 unspecified atom stereocenters. The molecule has 1 amide bonds. The largest absolute Gasteiger partial charge is 0.480 e. The second kappa shape index (κ2) is 15.2. The summed E-state index contributed by atoms with van der Waals surface area (Å²) in [6, 6.07) is 26.2. The predicted octanol–water partition coefficient (Wildman–Crippen LogP) is 8.06. The molecule has 240 valence electrons. The summed E-state index contributed by atoms with van der Waals surface area (Å²) >= 11 is 7.41. The Bertz CT molecular complexity index is 2020. The smallest absolute Gasteiger partial charge is 0.341 e. The summed E-state index contributed by atoms with van der Waals surface area (Å²) in [4.78, 5) is 29.4. The van der Waals surface area contributed by atoms with E-state index in [1.54, 1.807) is 36.4 Å². The van der Waals surface area contributed by atoms with Gasteiger partial charge in [-0.1, -0.05) is 65.7 Å². The van der Waals surface area contributed by atoms with Gasteiger partial charge in [-0.15, -0.1) is 11.3 Å². The summed E-state index contributed by atoms with van der Waals surface area (Å²) in [5.41, 5.74) is 5.33. The van der Waals surface area contributed by atoms with E-state index >= 15 is 0 Å². The Morgan fingerprint density at radius 2 is 1.74 bits per heavy atom.